The highest BCUT2D eigenvalue weighted by Gasteiger charge is 2.17. The molecule has 0 aliphatic rings. The molecule has 76 valence electrons. The second kappa shape index (κ2) is 5.17. The Morgan fingerprint density at radius 3 is 2.71 bits per heavy atom. The zero-order valence-corrected chi connectivity index (χ0v) is 8.88. The molecule has 0 bridgehead atoms. The first-order valence-corrected chi connectivity index (χ1v) is 5.06. The summed E-state index contributed by atoms with van der Waals surface area (Å²) in [6, 6.07) is 4.93. The highest BCUT2D eigenvalue weighted by atomic mass is 35.5. The molecule has 0 atom stereocenters. The van der Waals surface area contributed by atoms with Crippen molar-refractivity contribution in [2.24, 2.45) is 0 Å². The number of alkyl halides is 1. The number of hydrogen-bond donors (Lipinski definition) is 0. The van der Waals surface area contributed by atoms with Gasteiger partial charge in [-0.05, 0) is 18.9 Å². The van der Waals surface area contributed by atoms with Gasteiger partial charge in [0.25, 0.3) is 5.69 Å². The van der Waals surface area contributed by atoms with Crippen molar-refractivity contribution in [3.8, 4) is 0 Å². The topological polar surface area (TPSA) is 43.1 Å². The lowest BCUT2D eigenvalue weighted by molar-refractivity contribution is -0.385. The van der Waals surface area contributed by atoms with Crippen LogP contribution in [0.25, 0.3) is 0 Å². The van der Waals surface area contributed by atoms with Crippen LogP contribution in [0.4, 0.5) is 5.69 Å². The van der Waals surface area contributed by atoms with E-state index in [4.69, 9.17) is 23.2 Å². The average Bonchev–Trinajstić information content (AvgIpc) is 2.14. The van der Waals surface area contributed by atoms with Crippen molar-refractivity contribution in [3.63, 3.8) is 0 Å². The number of rotatable bonds is 4. The second-order valence-corrected chi connectivity index (χ2v) is 3.58. The Bertz CT molecular complexity index is 342. The molecule has 0 saturated heterocycles. The lowest BCUT2D eigenvalue weighted by Crippen LogP contribution is -1.96. The first-order valence-electron chi connectivity index (χ1n) is 4.14. The van der Waals surface area contributed by atoms with Crippen molar-refractivity contribution in [3.05, 3.63) is 38.9 Å². The van der Waals surface area contributed by atoms with E-state index in [1.165, 1.54) is 6.07 Å². The molecule has 0 radical (unpaired) electrons. The molecule has 14 heavy (non-hydrogen) atoms. The summed E-state index contributed by atoms with van der Waals surface area (Å²) in [4.78, 5) is 10.2. The largest absolute Gasteiger partial charge is 0.291 e. The van der Waals surface area contributed by atoms with Crippen LogP contribution >= 0.6 is 23.2 Å². The Kier molecular flexibility index (Phi) is 4.17. The number of benzene rings is 1. The molecule has 0 aliphatic carbocycles. The molecule has 0 amide bonds. The lowest BCUT2D eigenvalue weighted by atomic mass is 10.1. The maximum atomic E-state index is 10.7. The van der Waals surface area contributed by atoms with E-state index in [9.17, 15) is 10.1 Å². The number of hydrogen-bond acceptors (Lipinski definition) is 2. The van der Waals surface area contributed by atoms with Gasteiger partial charge in [0.15, 0.2) is 0 Å². The minimum atomic E-state index is -0.452. The van der Waals surface area contributed by atoms with Gasteiger partial charge in [0.2, 0.25) is 0 Å². The van der Waals surface area contributed by atoms with Crippen LogP contribution < -0.4 is 0 Å². The van der Waals surface area contributed by atoms with E-state index in [0.717, 1.165) is 0 Å². The van der Waals surface area contributed by atoms with Crippen molar-refractivity contribution >= 4 is 28.9 Å². The van der Waals surface area contributed by atoms with E-state index >= 15 is 0 Å². The maximum absolute atomic E-state index is 10.7. The fourth-order valence-corrected chi connectivity index (χ4v) is 1.62. The minimum Gasteiger partial charge on any atom is -0.258 e. The van der Waals surface area contributed by atoms with Crippen LogP contribution in [0.2, 0.25) is 5.02 Å². The highest BCUT2D eigenvalue weighted by molar-refractivity contribution is 6.32. The molecule has 0 N–H and O–H groups in total. The third-order valence-electron chi connectivity index (χ3n) is 1.83. The van der Waals surface area contributed by atoms with Crippen molar-refractivity contribution in [1.29, 1.82) is 0 Å². The number of nitro groups is 1. The molecule has 5 heteroatoms. The van der Waals surface area contributed by atoms with Gasteiger partial charge in [-0.15, -0.1) is 11.6 Å². The Balaban J connectivity index is 3.02. The summed E-state index contributed by atoms with van der Waals surface area (Å²) >= 11 is 11.2. The highest BCUT2D eigenvalue weighted by Crippen LogP contribution is 2.28. The van der Waals surface area contributed by atoms with Gasteiger partial charge in [0.1, 0.15) is 5.02 Å². The van der Waals surface area contributed by atoms with Crippen LogP contribution in [0, 0.1) is 10.1 Å². The van der Waals surface area contributed by atoms with Gasteiger partial charge in [0, 0.05) is 11.4 Å². The summed E-state index contributed by atoms with van der Waals surface area (Å²) in [5, 5.41) is 10.9. The number of para-hydroxylation sites is 1. The van der Waals surface area contributed by atoms with E-state index in [-0.39, 0.29) is 10.7 Å². The summed E-state index contributed by atoms with van der Waals surface area (Å²) < 4.78 is 0. The van der Waals surface area contributed by atoms with Gasteiger partial charge < -0.3 is 0 Å². The summed E-state index contributed by atoms with van der Waals surface area (Å²) in [6.45, 7) is 0. The van der Waals surface area contributed by atoms with E-state index in [1.807, 2.05) is 0 Å². The van der Waals surface area contributed by atoms with E-state index in [2.05, 4.69) is 0 Å². The van der Waals surface area contributed by atoms with Crippen LogP contribution in [0.5, 0.6) is 0 Å². The van der Waals surface area contributed by atoms with Gasteiger partial charge >= 0.3 is 0 Å². The maximum Gasteiger partial charge on any atom is 0.291 e. The zero-order chi connectivity index (χ0) is 10.6. The minimum absolute atomic E-state index is 0.000664. The van der Waals surface area contributed by atoms with E-state index in [0.29, 0.717) is 24.3 Å². The Morgan fingerprint density at radius 1 is 1.43 bits per heavy atom. The Hall–Kier alpha value is -0.800. The molecule has 1 aromatic carbocycles. The smallest absolute Gasteiger partial charge is 0.258 e. The van der Waals surface area contributed by atoms with Gasteiger partial charge in [-0.3, -0.25) is 10.1 Å². The summed E-state index contributed by atoms with van der Waals surface area (Å²) in [5.74, 6) is 0.490. The summed E-state index contributed by atoms with van der Waals surface area (Å²) in [5.41, 5.74) is 0.641. The van der Waals surface area contributed by atoms with Crippen LogP contribution in [-0.4, -0.2) is 10.8 Å². The normalized spacial score (nSPS) is 10.1. The van der Waals surface area contributed by atoms with E-state index < -0.39 is 4.92 Å². The SMILES string of the molecule is O=[N+]([O-])c1c(Cl)cccc1CCCCl. The van der Waals surface area contributed by atoms with Crippen LogP contribution in [0.1, 0.15) is 12.0 Å². The van der Waals surface area contributed by atoms with Crippen LogP contribution in [0.3, 0.4) is 0 Å². The monoisotopic (exact) mass is 233 g/mol. The molecule has 0 fully saturated rings. The molecule has 0 unspecified atom stereocenters. The molecule has 0 aliphatic heterocycles. The predicted molar refractivity (Wildman–Crippen MR) is 57.1 cm³/mol. The molecule has 3 nitrogen and oxygen atoms in total. The third-order valence-corrected chi connectivity index (χ3v) is 2.40. The molecule has 0 heterocycles. The standard InChI is InChI=1S/C9H9Cl2NO2/c10-6-2-4-7-3-1-5-8(11)9(7)12(13)14/h1,3,5H,2,4,6H2. The fourth-order valence-electron chi connectivity index (χ4n) is 1.22. The quantitative estimate of drug-likeness (QED) is 0.455. The van der Waals surface area contributed by atoms with E-state index in [1.54, 1.807) is 12.1 Å². The van der Waals surface area contributed by atoms with Crippen LogP contribution in [0.15, 0.2) is 18.2 Å². The molecular formula is C9H9Cl2NO2. The number of halogens is 2. The van der Waals surface area contributed by atoms with Crippen molar-refractivity contribution in [2.75, 3.05) is 5.88 Å². The fraction of sp³-hybridized carbons (Fsp3) is 0.333. The predicted octanol–water partition coefficient (Wildman–Crippen LogP) is 3.42. The zero-order valence-electron chi connectivity index (χ0n) is 7.37. The number of nitro benzene ring substituents is 1. The van der Waals surface area contributed by atoms with Crippen molar-refractivity contribution in [2.45, 2.75) is 12.8 Å². The summed E-state index contributed by atoms with van der Waals surface area (Å²) in [7, 11) is 0. The van der Waals surface area contributed by atoms with Gasteiger partial charge in [-0.2, -0.15) is 0 Å². The molecule has 1 aromatic rings. The summed E-state index contributed by atoms with van der Waals surface area (Å²) in [6.07, 6.45) is 1.29. The molecule has 0 saturated carbocycles. The van der Waals surface area contributed by atoms with Gasteiger partial charge in [0.05, 0.1) is 4.92 Å². The van der Waals surface area contributed by atoms with Crippen LogP contribution in [-0.2, 0) is 6.42 Å². The number of nitrogens with zero attached hydrogens (tertiary/aromatic N) is 1. The molecular weight excluding hydrogens is 225 g/mol. The third kappa shape index (κ3) is 2.59. The Morgan fingerprint density at radius 2 is 2.14 bits per heavy atom. The lowest BCUT2D eigenvalue weighted by Gasteiger charge is -2.02. The van der Waals surface area contributed by atoms with Gasteiger partial charge in [-0.25, -0.2) is 0 Å². The first kappa shape index (κ1) is 11.3. The number of aryl methyl sites for hydroxylation is 1. The average molecular weight is 234 g/mol. The Labute approximate surface area is 91.8 Å². The second-order valence-electron chi connectivity index (χ2n) is 2.80. The molecule has 0 spiro atoms. The molecule has 1 rings (SSSR count). The van der Waals surface area contributed by atoms with Gasteiger partial charge in [-0.1, -0.05) is 23.7 Å². The molecule has 0 aromatic heterocycles. The van der Waals surface area contributed by atoms with Crippen molar-refractivity contribution in [1.82, 2.24) is 0 Å². The first-order chi connectivity index (χ1) is 6.66. The van der Waals surface area contributed by atoms with Crippen molar-refractivity contribution < 1.29 is 4.92 Å².